The number of anilines is 1. The van der Waals surface area contributed by atoms with Gasteiger partial charge in [-0.2, -0.15) is 0 Å². The fourth-order valence-electron chi connectivity index (χ4n) is 3.90. The van der Waals surface area contributed by atoms with Gasteiger partial charge in [0, 0.05) is 16.1 Å². The van der Waals surface area contributed by atoms with Gasteiger partial charge in [0.1, 0.15) is 5.25 Å². The minimum atomic E-state index is -4.14. The van der Waals surface area contributed by atoms with E-state index < -0.39 is 27.2 Å². The summed E-state index contributed by atoms with van der Waals surface area (Å²) < 4.78 is 29.8. The Kier molecular flexibility index (Phi) is 5.74. The van der Waals surface area contributed by atoms with Gasteiger partial charge in [0.25, 0.3) is 0 Å². The topological polar surface area (TPSA) is 115 Å². The summed E-state index contributed by atoms with van der Waals surface area (Å²) in [6.45, 7) is 5.46. The van der Waals surface area contributed by atoms with Crippen LogP contribution in [0.25, 0.3) is 21.1 Å². The van der Waals surface area contributed by atoms with Crippen LogP contribution in [-0.4, -0.2) is 28.5 Å². The van der Waals surface area contributed by atoms with Gasteiger partial charge in [0.2, 0.25) is 10.0 Å². The normalized spacial score (nSPS) is 13.9. The van der Waals surface area contributed by atoms with Gasteiger partial charge in [0.15, 0.2) is 5.13 Å². The predicted octanol–water partition coefficient (Wildman–Crippen LogP) is 5.17. The molecule has 0 bridgehead atoms. The Morgan fingerprint density at radius 2 is 2.06 bits per heavy atom. The number of carboxylic acids is 1. The summed E-state index contributed by atoms with van der Waals surface area (Å²) in [7, 11) is -4.14. The van der Waals surface area contributed by atoms with Gasteiger partial charge >= 0.3 is 5.97 Å². The molecule has 2 unspecified atom stereocenters. The SMILES string of the molecule is C=CC(c1ccc2nc(N)sc2c1)S(=O)(=O)n1c(C(CC)C(=O)O)cc2cc(Cl)ccc21. The third-order valence-electron chi connectivity index (χ3n) is 5.36. The van der Waals surface area contributed by atoms with Crippen LogP contribution >= 0.6 is 22.9 Å². The van der Waals surface area contributed by atoms with E-state index in [2.05, 4.69) is 11.6 Å². The summed E-state index contributed by atoms with van der Waals surface area (Å²) in [6, 6.07) is 11.5. The lowest BCUT2D eigenvalue weighted by molar-refractivity contribution is -0.138. The van der Waals surface area contributed by atoms with Gasteiger partial charge in [-0.25, -0.2) is 17.4 Å². The van der Waals surface area contributed by atoms with Crippen molar-refractivity contribution < 1.29 is 18.3 Å². The molecule has 0 spiro atoms. The second kappa shape index (κ2) is 8.23. The lowest BCUT2D eigenvalue weighted by atomic mass is 10.0. The largest absolute Gasteiger partial charge is 0.481 e. The summed E-state index contributed by atoms with van der Waals surface area (Å²) in [5, 5.41) is 10.00. The van der Waals surface area contributed by atoms with Crippen LogP contribution in [0, 0.1) is 0 Å². The van der Waals surface area contributed by atoms with E-state index in [1.807, 2.05) is 0 Å². The van der Waals surface area contributed by atoms with Gasteiger partial charge in [-0.15, -0.1) is 6.58 Å². The molecule has 0 amide bonds. The molecule has 0 aliphatic rings. The average molecular weight is 490 g/mol. The van der Waals surface area contributed by atoms with Crippen molar-refractivity contribution in [3.05, 3.63) is 71.4 Å². The first-order valence-corrected chi connectivity index (χ1v) is 12.4. The molecule has 0 aliphatic heterocycles. The number of hydrogen-bond donors (Lipinski definition) is 2. The maximum atomic E-state index is 14.0. The number of halogens is 1. The van der Waals surface area contributed by atoms with Crippen molar-refractivity contribution in [1.29, 1.82) is 0 Å². The van der Waals surface area contributed by atoms with Crippen LogP contribution in [0.3, 0.4) is 0 Å². The zero-order valence-corrected chi connectivity index (χ0v) is 19.4. The molecule has 0 fully saturated rings. The highest BCUT2D eigenvalue weighted by molar-refractivity contribution is 7.90. The van der Waals surface area contributed by atoms with Crippen molar-refractivity contribution >= 4 is 65.2 Å². The molecule has 2 heterocycles. The van der Waals surface area contributed by atoms with Crippen molar-refractivity contribution in [2.45, 2.75) is 24.5 Å². The molecule has 10 heteroatoms. The molecular weight excluding hydrogens is 470 g/mol. The van der Waals surface area contributed by atoms with Crippen molar-refractivity contribution in [3.63, 3.8) is 0 Å². The number of fused-ring (bicyclic) bond motifs is 2. The second-order valence-electron chi connectivity index (χ2n) is 7.32. The number of aliphatic carboxylic acids is 1. The molecule has 2 atom stereocenters. The Hall–Kier alpha value is -2.88. The summed E-state index contributed by atoms with van der Waals surface area (Å²) in [4.78, 5) is 16.1. The number of benzene rings is 2. The Morgan fingerprint density at radius 3 is 2.72 bits per heavy atom. The highest BCUT2D eigenvalue weighted by atomic mass is 35.5. The molecule has 166 valence electrons. The first-order chi connectivity index (χ1) is 15.2. The molecule has 3 N–H and O–H groups in total. The molecule has 0 saturated carbocycles. The van der Waals surface area contributed by atoms with Crippen LogP contribution in [-0.2, 0) is 14.8 Å². The first-order valence-electron chi connectivity index (χ1n) is 9.74. The Morgan fingerprint density at radius 1 is 1.31 bits per heavy atom. The lowest BCUT2D eigenvalue weighted by Crippen LogP contribution is -2.25. The van der Waals surface area contributed by atoms with Crippen LogP contribution in [0.4, 0.5) is 5.13 Å². The Labute approximate surface area is 193 Å². The second-order valence-corrected chi connectivity index (χ2v) is 10.7. The maximum absolute atomic E-state index is 14.0. The zero-order chi connectivity index (χ0) is 23.2. The van der Waals surface area contributed by atoms with Gasteiger partial charge in [0.05, 0.1) is 21.7 Å². The molecule has 7 nitrogen and oxygen atoms in total. The molecule has 4 aromatic rings. The van der Waals surface area contributed by atoms with E-state index in [-0.39, 0.29) is 12.1 Å². The molecule has 4 rings (SSSR count). The number of thiazole rings is 1. The van der Waals surface area contributed by atoms with Gasteiger partial charge in [-0.1, -0.05) is 42.0 Å². The molecule has 32 heavy (non-hydrogen) atoms. The Bertz CT molecular complexity index is 1470. The van der Waals surface area contributed by atoms with E-state index in [1.165, 1.54) is 17.4 Å². The lowest BCUT2D eigenvalue weighted by Gasteiger charge is -2.20. The fourth-order valence-corrected chi connectivity index (χ4v) is 6.74. The molecule has 2 aromatic carbocycles. The minimum Gasteiger partial charge on any atom is -0.481 e. The summed E-state index contributed by atoms with van der Waals surface area (Å²) in [6.07, 6.45) is 1.56. The number of rotatable bonds is 7. The molecule has 2 aromatic heterocycles. The molecule has 0 saturated heterocycles. The number of nitrogen functional groups attached to an aromatic ring is 1. The predicted molar refractivity (Wildman–Crippen MR) is 129 cm³/mol. The van der Waals surface area contributed by atoms with Crippen molar-refractivity contribution in [1.82, 2.24) is 8.96 Å². The summed E-state index contributed by atoms with van der Waals surface area (Å²) >= 11 is 7.37. The minimum absolute atomic E-state index is 0.173. The number of aromatic nitrogens is 2. The molecular formula is C22H20ClN3O4S2. The Balaban J connectivity index is 1.97. The van der Waals surface area contributed by atoms with Crippen molar-refractivity contribution in [2.75, 3.05) is 5.73 Å². The zero-order valence-electron chi connectivity index (χ0n) is 17.0. The average Bonchev–Trinajstić information content (AvgIpc) is 3.27. The number of hydrogen-bond acceptors (Lipinski definition) is 6. The van der Waals surface area contributed by atoms with E-state index in [0.717, 1.165) is 8.67 Å². The standard InChI is InChI=1S/C22H20ClN3O4S2/c1-3-15(21(27)28)18-10-13-9-14(23)6-8-17(13)26(18)32(29,30)20(4-2)12-5-7-16-19(11-12)31-22(24)25-16/h4-11,15,20H,2-3H2,1H3,(H2,24,25)(H,27,28). The van der Waals surface area contributed by atoms with E-state index in [1.54, 1.807) is 49.4 Å². The number of carboxylic acid groups (broad SMARTS) is 1. The quantitative estimate of drug-likeness (QED) is 0.346. The fraction of sp³-hybridized carbons (Fsp3) is 0.182. The van der Waals surface area contributed by atoms with Crippen molar-refractivity contribution in [2.24, 2.45) is 0 Å². The highest BCUT2D eigenvalue weighted by Crippen LogP contribution is 2.37. The first kappa shape index (κ1) is 22.3. The van der Waals surface area contributed by atoms with E-state index >= 15 is 0 Å². The highest BCUT2D eigenvalue weighted by Gasteiger charge is 2.34. The smallest absolute Gasteiger partial charge is 0.312 e. The summed E-state index contributed by atoms with van der Waals surface area (Å²) in [5.41, 5.74) is 7.48. The third kappa shape index (κ3) is 3.66. The number of carbonyl (C=O) groups is 1. The van der Waals surface area contributed by atoms with E-state index in [4.69, 9.17) is 17.3 Å². The van der Waals surface area contributed by atoms with Crippen LogP contribution in [0.2, 0.25) is 5.02 Å². The number of nitrogens with zero attached hydrogens (tertiary/aromatic N) is 2. The van der Waals surface area contributed by atoms with Crippen LogP contribution in [0.5, 0.6) is 0 Å². The molecule has 0 aliphatic carbocycles. The molecule has 0 radical (unpaired) electrons. The van der Waals surface area contributed by atoms with Crippen molar-refractivity contribution in [3.8, 4) is 0 Å². The van der Waals surface area contributed by atoms with Crippen LogP contribution in [0.15, 0.2) is 55.1 Å². The van der Waals surface area contributed by atoms with E-state index in [0.29, 0.717) is 32.1 Å². The monoisotopic (exact) mass is 489 g/mol. The van der Waals surface area contributed by atoms with E-state index in [9.17, 15) is 18.3 Å². The van der Waals surface area contributed by atoms with Gasteiger partial charge < -0.3 is 10.8 Å². The maximum Gasteiger partial charge on any atom is 0.312 e. The number of nitrogens with two attached hydrogens (primary N) is 1. The third-order valence-corrected chi connectivity index (χ3v) is 8.46. The van der Waals surface area contributed by atoms with Crippen LogP contribution in [0.1, 0.15) is 35.8 Å². The van der Waals surface area contributed by atoms with Gasteiger partial charge in [-0.3, -0.25) is 4.79 Å². The van der Waals surface area contributed by atoms with Crippen LogP contribution < -0.4 is 5.73 Å². The van der Waals surface area contributed by atoms with Gasteiger partial charge in [-0.05, 0) is 48.4 Å². The summed E-state index contributed by atoms with van der Waals surface area (Å²) in [5.74, 6) is -2.11.